The second-order valence-electron chi connectivity index (χ2n) is 5.26. The Morgan fingerprint density at radius 2 is 1.88 bits per heavy atom. The molecule has 0 aromatic heterocycles. The van der Waals surface area contributed by atoms with Crippen LogP contribution in [0.15, 0.2) is 34.4 Å². The topological polar surface area (TPSA) is 65.1 Å². The summed E-state index contributed by atoms with van der Waals surface area (Å²) in [5.41, 5.74) is 2.62. The smallest absolute Gasteiger partial charge is 0.332 e. The molecule has 0 bridgehead atoms. The normalized spacial score (nSPS) is 17.8. The third-order valence-electron chi connectivity index (χ3n) is 4.03. The van der Waals surface area contributed by atoms with Crippen LogP contribution in [0, 0.1) is 0 Å². The molecular formula is C17H17NO5S. The molecular weight excluding hydrogens is 330 g/mol. The fourth-order valence-corrected chi connectivity index (χ4v) is 3.88. The maximum Gasteiger partial charge on any atom is 0.332 e. The van der Waals surface area contributed by atoms with Crippen molar-refractivity contribution in [3.8, 4) is 11.5 Å². The molecule has 0 spiro atoms. The molecule has 0 amide bonds. The number of carbonyl (C=O) groups is 2. The van der Waals surface area contributed by atoms with Gasteiger partial charge in [0.2, 0.25) is 5.78 Å². The molecule has 24 heavy (non-hydrogen) atoms. The molecule has 2 heterocycles. The van der Waals surface area contributed by atoms with Crippen molar-refractivity contribution < 1.29 is 23.8 Å². The number of allylic oxidation sites excluding steroid dienone is 1. The highest BCUT2D eigenvalue weighted by molar-refractivity contribution is 7.99. The lowest BCUT2D eigenvalue weighted by atomic mass is 10.1. The van der Waals surface area contributed by atoms with Gasteiger partial charge in [0.05, 0.1) is 44.7 Å². The first-order chi connectivity index (χ1) is 11.5. The first-order valence-electron chi connectivity index (χ1n) is 7.23. The van der Waals surface area contributed by atoms with Crippen LogP contribution >= 0.6 is 11.8 Å². The van der Waals surface area contributed by atoms with Crippen molar-refractivity contribution in [2.45, 2.75) is 11.8 Å². The molecule has 126 valence electrons. The highest BCUT2D eigenvalue weighted by Crippen LogP contribution is 2.48. The molecule has 0 aliphatic carbocycles. The summed E-state index contributed by atoms with van der Waals surface area (Å²) in [4.78, 5) is 27.0. The van der Waals surface area contributed by atoms with Gasteiger partial charge in [-0.15, -0.1) is 11.8 Å². The fourth-order valence-electron chi connectivity index (χ4n) is 2.84. The van der Waals surface area contributed by atoms with Crippen LogP contribution in [0.25, 0.3) is 5.70 Å². The molecule has 0 saturated carbocycles. The van der Waals surface area contributed by atoms with E-state index in [0.29, 0.717) is 28.6 Å². The minimum atomic E-state index is -0.546. The standard InChI is InChI=1S/C17H17NO5S/c1-9-16-10-5-12(21-2)13(22-3)7-14(10)24-8-18(16)11(17(9)20)6-15(19)23-4/h5-7H,8H2,1-4H3/b11-6-. The van der Waals surface area contributed by atoms with Crippen molar-refractivity contribution >= 4 is 29.2 Å². The monoisotopic (exact) mass is 347 g/mol. The summed E-state index contributed by atoms with van der Waals surface area (Å²) in [6.45, 7) is 1.76. The molecule has 0 fully saturated rings. The van der Waals surface area contributed by atoms with E-state index in [4.69, 9.17) is 9.47 Å². The van der Waals surface area contributed by atoms with Crippen molar-refractivity contribution in [1.29, 1.82) is 0 Å². The summed E-state index contributed by atoms with van der Waals surface area (Å²) in [7, 11) is 4.45. The summed E-state index contributed by atoms with van der Waals surface area (Å²) in [5, 5.41) is 0. The number of rotatable bonds is 3. The van der Waals surface area contributed by atoms with Gasteiger partial charge < -0.3 is 19.1 Å². The van der Waals surface area contributed by atoms with E-state index in [-0.39, 0.29) is 5.78 Å². The van der Waals surface area contributed by atoms with Crippen LogP contribution in [-0.2, 0) is 14.3 Å². The first-order valence-corrected chi connectivity index (χ1v) is 8.22. The number of ether oxygens (including phenoxy) is 3. The predicted octanol–water partition coefficient (Wildman–Crippen LogP) is 2.44. The average molecular weight is 347 g/mol. The Morgan fingerprint density at radius 3 is 2.50 bits per heavy atom. The lowest BCUT2D eigenvalue weighted by molar-refractivity contribution is -0.135. The maximum atomic E-state index is 12.6. The van der Waals surface area contributed by atoms with Crippen molar-refractivity contribution in [2.75, 3.05) is 27.2 Å². The van der Waals surface area contributed by atoms with Crippen LogP contribution in [0.5, 0.6) is 11.5 Å². The number of Topliss-reactive ketones (excluding diaryl/α,β-unsaturated/α-hetero) is 1. The highest BCUT2D eigenvalue weighted by atomic mass is 32.2. The van der Waals surface area contributed by atoms with E-state index in [1.54, 1.807) is 32.9 Å². The first kappa shape index (κ1) is 16.4. The molecule has 0 unspecified atom stereocenters. The van der Waals surface area contributed by atoms with Gasteiger partial charge in [-0.05, 0) is 19.1 Å². The van der Waals surface area contributed by atoms with Crippen molar-refractivity contribution in [3.05, 3.63) is 35.0 Å². The molecule has 7 heteroatoms. The Kier molecular flexibility index (Phi) is 4.28. The second kappa shape index (κ2) is 6.24. The minimum Gasteiger partial charge on any atom is -0.493 e. The summed E-state index contributed by atoms with van der Waals surface area (Å²) < 4.78 is 15.4. The molecule has 0 N–H and O–H groups in total. The van der Waals surface area contributed by atoms with Gasteiger partial charge in [-0.1, -0.05) is 0 Å². The molecule has 0 radical (unpaired) electrons. The van der Waals surface area contributed by atoms with Crippen LogP contribution in [0.2, 0.25) is 0 Å². The molecule has 0 atom stereocenters. The van der Waals surface area contributed by atoms with Crippen molar-refractivity contribution in [1.82, 2.24) is 4.90 Å². The third kappa shape index (κ3) is 2.45. The van der Waals surface area contributed by atoms with Gasteiger partial charge in [0.15, 0.2) is 11.5 Å². The quantitative estimate of drug-likeness (QED) is 0.614. The molecule has 6 nitrogen and oxygen atoms in total. The number of thioether (sulfide) groups is 1. The lowest BCUT2D eigenvalue weighted by Gasteiger charge is -2.30. The third-order valence-corrected chi connectivity index (χ3v) is 5.07. The van der Waals surface area contributed by atoms with E-state index in [2.05, 4.69) is 4.74 Å². The Balaban J connectivity index is 2.14. The maximum absolute atomic E-state index is 12.6. The average Bonchev–Trinajstić information content (AvgIpc) is 2.85. The highest BCUT2D eigenvalue weighted by Gasteiger charge is 2.38. The molecule has 1 aromatic carbocycles. The van der Waals surface area contributed by atoms with Gasteiger partial charge >= 0.3 is 5.97 Å². The summed E-state index contributed by atoms with van der Waals surface area (Å²) in [5.74, 6) is 1.06. The van der Waals surface area contributed by atoms with Crippen LogP contribution in [0.3, 0.4) is 0 Å². The Bertz CT molecular complexity index is 796. The van der Waals surface area contributed by atoms with Crippen LogP contribution < -0.4 is 9.47 Å². The van der Waals surface area contributed by atoms with Crippen molar-refractivity contribution in [2.24, 2.45) is 0 Å². The van der Waals surface area contributed by atoms with Gasteiger partial charge in [-0.2, -0.15) is 0 Å². The minimum absolute atomic E-state index is 0.168. The number of carbonyl (C=O) groups excluding carboxylic acids is 2. The second-order valence-corrected chi connectivity index (χ2v) is 6.25. The zero-order valence-electron chi connectivity index (χ0n) is 13.8. The Labute approximate surface area is 144 Å². The number of methoxy groups -OCH3 is 3. The lowest BCUT2D eigenvalue weighted by Crippen LogP contribution is -2.23. The van der Waals surface area contributed by atoms with Crippen molar-refractivity contribution in [3.63, 3.8) is 0 Å². The van der Waals surface area contributed by atoms with Crippen LogP contribution in [0.1, 0.15) is 12.5 Å². The van der Waals surface area contributed by atoms with E-state index in [9.17, 15) is 9.59 Å². The van der Waals surface area contributed by atoms with Gasteiger partial charge in [-0.3, -0.25) is 4.79 Å². The number of fused-ring (bicyclic) bond motifs is 3. The summed E-state index contributed by atoms with van der Waals surface area (Å²) in [6, 6.07) is 3.77. The zero-order valence-corrected chi connectivity index (χ0v) is 14.7. The molecule has 2 aliphatic heterocycles. The van der Waals surface area contributed by atoms with Gasteiger partial charge in [-0.25, -0.2) is 4.79 Å². The molecule has 1 aromatic rings. The number of hydrogen-bond acceptors (Lipinski definition) is 7. The largest absolute Gasteiger partial charge is 0.493 e. The van der Waals surface area contributed by atoms with Gasteiger partial charge in [0.25, 0.3) is 0 Å². The van der Waals surface area contributed by atoms with E-state index >= 15 is 0 Å². The SMILES string of the molecule is COC(=O)/C=C1/C(=O)C(C)=C2c3cc(OC)c(OC)cc3SCN21. The molecule has 0 saturated heterocycles. The predicted molar refractivity (Wildman–Crippen MR) is 89.8 cm³/mol. The van der Waals surface area contributed by atoms with Gasteiger partial charge in [0.1, 0.15) is 0 Å². The number of esters is 1. The number of nitrogens with zero attached hydrogens (tertiary/aromatic N) is 1. The molecule has 2 aliphatic rings. The molecule has 3 rings (SSSR count). The Hall–Kier alpha value is -2.41. The number of benzene rings is 1. The summed E-state index contributed by atoms with van der Waals surface area (Å²) >= 11 is 1.57. The summed E-state index contributed by atoms with van der Waals surface area (Å²) in [6.07, 6.45) is 1.24. The number of hydrogen-bond donors (Lipinski definition) is 0. The Morgan fingerprint density at radius 1 is 1.21 bits per heavy atom. The van der Waals surface area contributed by atoms with Crippen LogP contribution in [0.4, 0.5) is 0 Å². The van der Waals surface area contributed by atoms with Gasteiger partial charge in [0, 0.05) is 16.0 Å². The fraction of sp³-hybridized carbons (Fsp3) is 0.294. The van der Waals surface area contributed by atoms with E-state index in [0.717, 1.165) is 16.2 Å². The van der Waals surface area contributed by atoms with E-state index in [1.165, 1.54) is 13.2 Å². The van der Waals surface area contributed by atoms with E-state index in [1.807, 2.05) is 17.0 Å². The van der Waals surface area contributed by atoms with Crippen LogP contribution in [-0.4, -0.2) is 43.9 Å². The zero-order chi connectivity index (χ0) is 17.4. The van der Waals surface area contributed by atoms with E-state index < -0.39 is 5.97 Å². The number of ketones is 1.